The van der Waals surface area contributed by atoms with Gasteiger partial charge in [-0.2, -0.15) is 11.8 Å². The van der Waals surface area contributed by atoms with Crippen molar-refractivity contribution in [2.24, 2.45) is 5.92 Å². The van der Waals surface area contributed by atoms with E-state index < -0.39 is 12.0 Å². The van der Waals surface area contributed by atoms with Crippen molar-refractivity contribution in [1.82, 2.24) is 19.7 Å². The molecule has 0 aromatic carbocycles. The monoisotopic (exact) mass is 326 g/mol. The topological polar surface area (TPSA) is 88.3 Å². The van der Waals surface area contributed by atoms with Crippen molar-refractivity contribution in [3.8, 4) is 0 Å². The lowest BCUT2D eigenvalue weighted by atomic mass is 10.2. The average Bonchev–Trinajstić information content (AvgIpc) is 2.82. The van der Waals surface area contributed by atoms with Crippen LogP contribution in [0.4, 0.5) is 0 Å². The minimum absolute atomic E-state index is 0.145. The molecule has 0 spiro atoms. The summed E-state index contributed by atoms with van der Waals surface area (Å²) in [6.07, 6.45) is 1.05. The van der Waals surface area contributed by atoms with Gasteiger partial charge in [-0.25, -0.2) is 4.79 Å². The lowest BCUT2D eigenvalue weighted by Gasteiger charge is -2.33. The van der Waals surface area contributed by atoms with Gasteiger partial charge in [0.05, 0.1) is 18.8 Å². The zero-order valence-electron chi connectivity index (χ0n) is 13.2. The fourth-order valence-corrected chi connectivity index (χ4v) is 3.47. The first kappa shape index (κ1) is 16.8. The molecule has 0 aliphatic carbocycles. The highest BCUT2D eigenvalue weighted by atomic mass is 32.2. The van der Waals surface area contributed by atoms with E-state index >= 15 is 0 Å². The molecule has 1 amide bonds. The molecule has 122 valence electrons. The van der Waals surface area contributed by atoms with Crippen molar-refractivity contribution in [3.05, 3.63) is 11.6 Å². The molecule has 7 nitrogen and oxygen atoms in total. The first-order valence-corrected chi connectivity index (χ1v) is 8.54. The van der Waals surface area contributed by atoms with Crippen molar-refractivity contribution in [1.29, 1.82) is 0 Å². The molecule has 1 aliphatic heterocycles. The first-order valence-electron chi connectivity index (χ1n) is 7.38. The Labute approximate surface area is 134 Å². The number of carbonyl (C=O) groups is 2. The number of thioether (sulfide) groups is 1. The summed E-state index contributed by atoms with van der Waals surface area (Å²) in [6, 6.07) is -0.847. The summed E-state index contributed by atoms with van der Waals surface area (Å²) in [4.78, 5) is 25.2. The second-order valence-corrected chi connectivity index (χ2v) is 6.99. The highest BCUT2D eigenvalue weighted by Gasteiger charge is 2.36. The number of fused-ring (bicyclic) bond motifs is 1. The number of hydrogen-bond donors (Lipinski definition) is 1. The van der Waals surface area contributed by atoms with E-state index in [2.05, 4.69) is 24.0 Å². The van der Waals surface area contributed by atoms with Gasteiger partial charge >= 0.3 is 5.97 Å². The average molecular weight is 326 g/mol. The quantitative estimate of drug-likeness (QED) is 0.789. The number of carboxylic acid groups (broad SMARTS) is 1. The van der Waals surface area contributed by atoms with Gasteiger partial charge in [0.1, 0.15) is 11.9 Å². The molecule has 0 fully saturated rings. The Kier molecular flexibility index (Phi) is 5.44. The van der Waals surface area contributed by atoms with Crippen LogP contribution in [0.3, 0.4) is 0 Å². The van der Waals surface area contributed by atoms with Crippen molar-refractivity contribution < 1.29 is 14.7 Å². The maximum Gasteiger partial charge on any atom is 0.328 e. The first-order chi connectivity index (χ1) is 10.4. The Morgan fingerprint density at radius 1 is 1.41 bits per heavy atom. The van der Waals surface area contributed by atoms with Gasteiger partial charge in [0, 0.05) is 0 Å². The maximum absolute atomic E-state index is 12.4. The predicted octanol–water partition coefficient (Wildman–Crippen LogP) is 1.16. The summed E-state index contributed by atoms with van der Waals surface area (Å²) in [6.45, 7) is 6.49. The van der Waals surface area contributed by atoms with Crippen molar-refractivity contribution in [3.63, 3.8) is 0 Å². The molecule has 0 bridgehead atoms. The number of carbonyl (C=O) groups excluding carboxylic acids is 1. The molecule has 1 aliphatic rings. The number of aromatic nitrogens is 3. The van der Waals surface area contributed by atoms with Crippen molar-refractivity contribution >= 4 is 23.6 Å². The Bertz CT molecular complexity index is 558. The molecular formula is C14H22N4O3S. The van der Waals surface area contributed by atoms with Gasteiger partial charge in [-0.15, -0.1) is 10.2 Å². The Morgan fingerprint density at radius 3 is 2.77 bits per heavy atom. The summed E-state index contributed by atoms with van der Waals surface area (Å²) in [5, 5.41) is 17.4. The summed E-state index contributed by atoms with van der Waals surface area (Å²) in [5.74, 6) is 2.02. The Hall–Kier alpha value is -1.57. The minimum Gasteiger partial charge on any atom is -0.480 e. The predicted molar refractivity (Wildman–Crippen MR) is 83.5 cm³/mol. The van der Waals surface area contributed by atoms with Gasteiger partial charge in [-0.3, -0.25) is 4.79 Å². The SMILES string of the molecule is Cc1nnc2n1CC(C(=O)O)N(C(=O)CSCCC(C)C)C2. The second-order valence-electron chi connectivity index (χ2n) is 5.88. The third kappa shape index (κ3) is 3.79. The molecule has 0 saturated carbocycles. The molecule has 22 heavy (non-hydrogen) atoms. The molecule has 8 heteroatoms. The van der Waals surface area contributed by atoms with E-state index in [1.165, 1.54) is 4.90 Å². The largest absolute Gasteiger partial charge is 0.480 e. The number of aliphatic carboxylic acids is 1. The molecule has 1 N–H and O–H groups in total. The molecule has 2 rings (SSSR count). The van der Waals surface area contributed by atoms with Crippen LogP contribution >= 0.6 is 11.8 Å². The third-order valence-corrected chi connectivity index (χ3v) is 4.70. The van der Waals surface area contributed by atoms with Gasteiger partial charge in [0.2, 0.25) is 5.91 Å². The molecular weight excluding hydrogens is 304 g/mol. The molecule has 0 saturated heterocycles. The highest BCUT2D eigenvalue weighted by molar-refractivity contribution is 7.99. The van der Waals surface area contributed by atoms with E-state index in [0.29, 0.717) is 23.3 Å². The van der Waals surface area contributed by atoms with Crippen LogP contribution < -0.4 is 0 Å². The van der Waals surface area contributed by atoms with Crippen LogP contribution in [0.25, 0.3) is 0 Å². The van der Waals surface area contributed by atoms with Crippen LogP contribution in [-0.4, -0.2) is 54.2 Å². The van der Waals surface area contributed by atoms with Crippen LogP contribution in [0, 0.1) is 12.8 Å². The van der Waals surface area contributed by atoms with Crippen LogP contribution in [0.1, 0.15) is 31.9 Å². The number of amides is 1. The van der Waals surface area contributed by atoms with Gasteiger partial charge in [-0.05, 0) is 25.0 Å². The van der Waals surface area contributed by atoms with Gasteiger partial charge in [-0.1, -0.05) is 13.8 Å². The van der Waals surface area contributed by atoms with Crippen LogP contribution in [0.15, 0.2) is 0 Å². The molecule has 0 radical (unpaired) electrons. The number of rotatable bonds is 6. The maximum atomic E-state index is 12.4. The Balaban J connectivity index is 2.01. The van der Waals surface area contributed by atoms with Gasteiger partial charge in [0.15, 0.2) is 5.82 Å². The van der Waals surface area contributed by atoms with Crippen LogP contribution in [-0.2, 0) is 22.7 Å². The number of hydrogen-bond acceptors (Lipinski definition) is 5. The summed E-state index contributed by atoms with van der Waals surface area (Å²) < 4.78 is 1.77. The zero-order chi connectivity index (χ0) is 16.3. The molecule has 1 aromatic rings. The fraction of sp³-hybridized carbons (Fsp3) is 0.714. The summed E-state index contributed by atoms with van der Waals surface area (Å²) >= 11 is 1.56. The summed E-state index contributed by atoms with van der Waals surface area (Å²) in [7, 11) is 0. The normalized spacial score (nSPS) is 17.6. The molecule has 1 unspecified atom stereocenters. The van der Waals surface area contributed by atoms with Crippen LogP contribution in [0.5, 0.6) is 0 Å². The van der Waals surface area contributed by atoms with Crippen molar-refractivity contribution in [2.45, 2.75) is 46.3 Å². The smallest absolute Gasteiger partial charge is 0.328 e. The Morgan fingerprint density at radius 2 is 2.14 bits per heavy atom. The number of nitrogens with zero attached hydrogens (tertiary/aromatic N) is 4. The zero-order valence-corrected chi connectivity index (χ0v) is 14.0. The molecule has 1 aromatic heterocycles. The lowest BCUT2D eigenvalue weighted by Crippen LogP contribution is -2.51. The lowest BCUT2D eigenvalue weighted by molar-refractivity contribution is -0.151. The standard InChI is InChI=1S/C14H22N4O3S/c1-9(2)4-5-22-8-13(19)18-7-12-16-15-10(3)17(12)6-11(18)14(20)21/h9,11H,4-8H2,1-3H3,(H,20,21). The third-order valence-electron chi connectivity index (χ3n) is 3.73. The van der Waals surface area contributed by atoms with E-state index in [1.54, 1.807) is 23.3 Å². The molecule has 2 heterocycles. The van der Waals surface area contributed by atoms with E-state index in [1.807, 2.05) is 0 Å². The van der Waals surface area contributed by atoms with E-state index in [-0.39, 0.29) is 19.0 Å². The highest BCUT2D eigenvalue weighted by Crippen LogP contribution is 2.20. The fourth-order valence-electron chi connectivity index (χ4n) is 2.35. The van der Waals surface area contributed by atoms with E-state index in [0.717, 1.165) is 12.2 Å². The number of aryl methyl sites for hydroxylation is 1. The molecule has 1 atom stereocenters. The summed E-state index contributed by atoms with van der Waals surface area (Å²) in [5.41, 5.74) is 0. The number of carboxylic acids is 1. The van der Waals surface area contributed by atoms with Crippen LogP contribution in [0.2, 0.25) is 0 Å². The van der Waals surface area contributed by atoms with E-state index in [9.17, 15) is 14.7 Å². The van der Waals surface area contributed by atoms with Gasteiger partial charge < -0.3 is 14.6 Å². The minimum atomic E-state index is -0.987. The van der Waals surface area contributed by atoms with Gasteiger partial charge in [0.25, 0.3) is 0 Å². The van der Waals surface area contributed by atoms with E-state index in [4.69, 9.17) is 0 Å². The van der Waals surface area contributed by atoms with Crippen molar-refractivity contribution in [2.75, 3.05) is 11.5 Å². The second kappa shape index (κ2) is 7.13.